The van der Waals surface area contributed by atoms with E-state index in [4.69, 9.17) is 0 Å². The summed E-state index contributed by atoms with van der Waals surface area (Å²) in [5.74, 6) is -0.252. The lowest BCUT2D eigenvalue weighted by atomic mass is 9.98. The molecule has 0 aliphatic rings. The van der Waals surface area contributed by atoms with Gasteiger partial charge in [-0.05, 0) is 50.0 Å². The average molecular weight is 473 g/mol. The predicted octanol–water partition coefficient (Wildman–Crippen LogP) is 6.99. The van der Waals surface area contributed by atoms with Crippen molar-refractivity contribution in [1.82, 2.24) is 0 Å². The standard InChI is InChI=1S/C17H10Br3F/c18-14-9-8-12(10-4-1-2-5-11(10)14)16(19)13-6-3-7-15(21)17(13)20/h1-9,16H. The molecule has 106 valence electrons. The van der Waals surface area contributed by atoms with E-state index in [-0.39, 0.29) is 10.6 Å². The van der Waals surface area contributed by atoms with Crippen LogP contribution in [0.1, 0.15) is 16.0 Å². The van der Waals surface area contributed by atoms with Gasteiger partial charge in [0, 0.05) is 4.47 Å². The second-order valence-corrected chi connectivity index (χ2v) is 7.25. The minimum atomic E-state index is -0.252. The SMILES string of the molecule is Fc1cccc(C(Br)c2ccc(Br)c3ccccc23)c1Br. The quantitative estimate of drug-likeness (QED) is 0.353. The van der Waals surface area contributed by atoms with E-state index in [1.807, 2.05) is 24.3 Å². The fourth-order valence-corrected chi connectivity index (χ4v) is 4.45. The van der Waals surface area contributed by atoms with Crippen LogP contribution in [0.15, 0.2) is 63.5 Å². The fourth-order valence-electron chi connectivity index (χ4n) is 2.39. The van der Waals surface area contributed by atoms with Crippen LogP contribution in [-0.2, 0) is 0 Å². The summed E-state index contributed by atoms with van der Waals surface area (Å²) in [6.07, 6.45) is 0. The number of benzene rings is 3. The zero-order valence-electron chi connectivity index (χ0n) is 10.8. The molecule has 0 fully saturated rings. The van der Waals surface area contributed by atoms with Crippen molar-refractivity contribution >= 4 is 58.6 Å². The summed E-state index contributed by atoms with van der Waals surface area (Å²) in [6, 6.07) is 17.4. The maximum absolute atomic E-state index is 13.8. The van der Waals surface area contributed by atoms with Crippen LogP contribution in [0.2, 0.25) is 0 Å². The van der Waals surface area contributed by atoms with Gasteiger partial charge in [-0.15, -0.1) is 0 Å². The first-order chi connectivity index (χ1) is 10.1. The van der Waals surface area contributed by atoms with Gasteiger partial charge in [-0.25, -0.2) is 4.39 Å². The summed E-state index contributed by atoms with van der Waals surface area (Å²) < 4.78 is 15.3. The molecule has 0 radical (unpaired) electrons. The minimum Gasteiger partial charge on any atom is -0.206 e. The molecular formula is C17H10Br3F. The first-order valence-corrected chi connectivity index (χ1v) is 8.85. The van der Waals surface area contributed by atoms with Crippen LogP contribution in [0.4, 0.5) is 4.39 Å². The van der Waals surface area contributed by atoms with E-state index in [0.29, 0.717) is 4.47 Å². The van der Waals surface area contributed by atoms with E-state index >= 15 is 0 Å². The summed E-state index contributed by atoms with van der Waals surface area (Å²) >= 11 is 10.6. The Morgan fingerprint density at radius 3 is 2.24 bits per heavy atom. The second kappa shape index (κ2) is 6.19. The molecular weight excluding hydrogens is 463 g/mol. The maximum atomic E-state index is 13.8. The topological polar surface area (TPSA) is 0 Å². The molecule has 0 nitrogen and oxygen atoms in total. The fraction of sp³-hybridized carbons (Fsp3) is 0.0588. The third-order valence-electron chi connectivity index (χ3n) is 3.43. The van der Waals surface area contributed by atoms with Crippen LogP contribution in [0.25, 0.3) is 10.8 Å². The van der Waals surface area contributed by atoms with Crippen LogP contribution >= 0.6 is 47.8 Å². The van der Waals surface area contributed by atoms with Gasteiger partial charge in [-0.1, -0.05) is 74.3 Å². The lowest BCUT2D eigenvalue weighted by Crippen LogP contribution is -1.97. The molecule has 0 saturated carbocycles. The first kappa shape index (κ1) is 15.2. The molecule has 0 heterocycles. The van der Waals surface area contributed by atoms with Gasteiger partial charge in [0.1, 0.15) is 5.82 Å². The van der Waals surface area contributed by atoms with Gasteiger partial charge in [0.2, 0.25) is 0 Å². The highest BCUT2D eigenvalue weighted by Gasteiger charge is 2.18. The molecule has 4 heteroatoms. The smallest absolute Gasteiger partial charge is 0.137 e. The second-order valence-electron chi connectivity index (χ2n) is 4.69. The Morgan fingerprint density at radius 1 is 0.762 bits per heavy atom. The molecule has 21 heavy (non-hydrogen) atoms. The van der Waals surface area contributed by atoms with Crippen molar-refractivity contribution in [2.24, 2.45) is 0 Å². The highest BCUT2D eigenvalue weighted by molar-refractivity contribution is 9.11. The molecule has 3 aromatic rings. The van der Waals surface area contributed by atoms with Crippen LogP contribution < -0.4 is 0 Å². The Balaban J connectivity index is 2.21. The maximum Gasteiger partial charge on any atom is 0.137 e. The monoisotopic (exact) mass is 470 g/mol. The minimum absolute atomic E-state index is 0.0828. The number of hydrogen-bond donors (Lipinski definition) is 0. The largest absolute Gasteiger partial charge is 0.206 e. The number of halogens is 4. The normalized spacial score (nSPS) is 12.6. The van der Waals surface area contributed by atoms with E-state index in [1.165, 1.54) is 6.07 Å². The van der Waals surface area contributed by atoms with E-state index in [1.54, 1.807) is 6.07 Å². The highest BCUT2D eigenvalue weighted by Crippen LogP contribution is 2.40. The van der Waals surface area contributed by atoms with Crippen molar-refractivity contribution in [1.29, 1.82) is 0 Å². The summed E-state index contributed by atoms with van der Waals surface area (Å²) in [4.78, 5) is -0.0828. The lowest BCUT2D eigenvalue weighted by Gasteiger charge is -2.16. The molecule has 1 atom stereocenters. The van der Waals surface area contributed by atoms with Gasteiger partial charge in [0.15, 0.2) is 0 Å². The molecule has 0 N–H and O–H groups in total. The van der Waals surface area contributed by atoms with Crippen LogP contribution in [0, 0.1) is 5.82 Å². The van der Waals surface area contributed by atoms with Gasteiger partial charge in [0.25, 0.3) is 0 Å². The van der Waals surface area contributed by atoms with Crippen molar-refractivity contribution in [3.05, 3.63) is 80.5 Å². The van der Waals surface area contributed by atoms with Crippen molar-refractivity contribution in [2.45, 2.75) is 4.83 Å². The van der Waals surface area contributed by atoms with Crippen LogP contribution in [0.3, 0.4) is 0 Å². The Bertz CT molecular complexity index is 814. The Hall–Kier alpha value is -0.710. The van der Waals surface area contributed by atoms with E-state index in [9.17, 15) is 4.39 Å². The van der Waals surface area contributed by atoms with Gasteiger partial charge < -0.3 is 0 Å². The van der Waals surface area contributed by atoms with Crippen molar-refractivity contribution in [2.75, 3.05) is 0 Å². The van der Waals surface area contributed by atoms with Crippen LogP contribution in [-0.4, -0.2) is 0 Å². The van der Waals surface area contributed by atoms with Gasteiger partial charge in [-0.2, -0.15) is 0 Å². The Kier molecular flexibility index (Phi) is 4.48. The van der Waals surface area contributed by atoms with Crippen molar-refractivity contribution in [3.63, 3.8) is 0 Å². The lowest BCUT2D eigenvalue weighted by molar-refractivity contribution is 0.619. The summed E-state index contributed by atoms with van der Waals surface area (Å²) in [6.45, 7) is 0. The zero-order chi connectivity index (χ0) is 15.0. The number of rotatable bonds is 2. The van der Waals surface area contributed by atoms with Gasteiger partial charge in [0.05, 0.1) is 9.30 Å². The molecule has 3 aromatic carbocycles. The molecule has 0 bridgehead atoms. The summed E-state index contributed by atoms with van der Waals surface area (Å²) in [5.41, 5.74) is 1.99. The predicted molar refractivity (Wildman–Crippen MR) is 96.5 cm³/mol. The first-order valence-electron chi connectivity index (χ1n) is 6.34. The molecule has 1 unspecified atom stereocenters. The molecule has 0 saturated heterocycles. The Morgan fingerprint density at radius 2 is 1.48 bits per heavy atom. The van der Waals surface area contributed by atoms with Gasteiger partial charge in [-0.3, -0.25) is 0 Å². The van der Waals surface area contributed by atoms with Crippen molar-refractivity contribution in [3.8, 4) is 0 Å². The number of alkyl halides is 1. The number of fused-ring (bicyclic) bond motifs is 1. The average Bonchev–Trinajstić information content (AvgIpc) is 2.50. The van der Waals surface area contributed by atoms with Gasteiger partial charge >= 0.3 is 0 Å². The molecule has 0 aliphatic heterocycles. The summed E-state index contributed by atoms with van der Waals surface area (Å²) in [5, 5.41) is 2.29. The molecule has 0 aromatic heterocycles. The van der Waals surface area contributed by atoms with E-state index in [2.05, 4.69) is 66.0 Å². The third-order valence-corrected chi connectivity index (χ3v) is 5.95. The third kappa shape index (κ3) is 2.81. The highest BCUT2D eigenvalue weighted by atomic mass is 79.9. The van der Waals surface area contributed by atoms with E-state index in [0.717, 1.165) is 26.4 Å². The molecule has 0 spiro atoms. The van der Waals surface area contributed by atoms with Crippen molar-refractivity contribution < 1.29 is 4.39 Å². The molecule has 3 rings (SSSR count). The zero-order valence-corrected chi connectivity index (χ0v) is 15.5. The van der Waals surface area contributed by atoms with Crippen LogP contribution in [0.5, 0.6) is 0 Å². The number of hydrogen-bond acceptors (Lipinski definition) is 0. The molecule has 0 amide bonds. The molecule has 0 aliphatic carbocycles. The Labute approximate surface area is 147 Å². The summed E-state index contributed by atoms with van der Waals surface area (Å²) in [7, 11) is 0. The van der Waals surface area contributed by atoms with E-state index < -0.39 is 0 Å².